The van der Waals surface area contributed by atoms with Gasteiger partial charge >= 0.3 is 6.18 Å². The van der Waals surface area contributed by atoms with Crippen molar-refractivity contribution >= 4 is 12.2 Å². The van der Waals surface area contributed by atoms with E-state index < -0.39 is 17.5 Å². The van der Waals surface area contributed by atoms with Gasteiger partial charge in [0.2, 0.25) is 5.91 Å². The average molecular weight is 279 g/mol. The number of rotatable bonds is 4. The third kappa shape index (κ3) is 3.48. The quantitative estimate of drug-likeness (QED) is 0.742. The lowest BCUT2D eigenvalue weighted by atomic mass is 9.87. The maximum absolute atomic E-state index is 12.9. The van der Waals surface area contributed by atoms with Gasteiger partial charge in [0.05, 0.1) is 6.54 Å². The third-order valence-electron chi connectivity index (χ3n) is 3.79. The molecular weight excluding hydrogens is 259 g/mol. The molecule has 0 aromatic heterocycles. The molecule has 6 heteroatoms. The van der Waals surface area contributed by atoms with Gasteiger partial charge in [0.1, 0.15) is 11.7 Å². The predicted octanol–water partition coefficient (Wildman–Crippen LogP) is 2.94. The van der Waals surface area contributed by atoms with Crippen molar-refractivity contribution in [2.24, 2.45) is 5.41 Å². The van der Waals surface area contributed by atoms with Gasteiger partial charge < -0.3 is 9.69 Å². The molecule has 1 fully saturated rings. The van der Waals surface area contributed by atoms with E-state index in [1.165, 1.54) is 0 Å². The number of carbonyl (C=O) groups excluding carboxylic acids is 2. The van der Waals surface area contributed by atoms with Crippen LogP contribution in [0, 0.1) is 5.41 Å². The first kappa shape index (κ1) is 16.0. The van der Waals surface area contributed by atoms with Crippen LogP contribution in [0.3, 0.4) is 0 Å². The second-order valence-electron chi connectivity index (χ2n) is 5.54. The molecule has 0 bridgehead atoms. The summed E-state index contributed by atoms with van der Waals surface area (Å²) in [5.74, 6) is -1.00. The fourth-order valence-electron chi connectivity index (χ4n) is 2.35. The predicted molar refractivity (Wildman–Crippen MR) is 64.5 cm³/mol. The molecule has 0 unspecified atom stereocenters. The molecule has 1 aliphatic carbocycles. The Hall–Kier alpha value is -1.07. The molecule has 1 saturated carbocycles. The molecular formula is C13H20F3NO2. The van der Waals surface area contributed by atoms with E-state index in [9.17, 15) is 22.8 Å². The van der Waals surface area contributed by atoms with Gasteiger partial charge in [0.15, 0.2) is 0 Å². The SMILES string of the molecule is CC(C)(C(=O)N(CC=O)C1CCCCC1)C(F)(F)F. The Kier molecular flexibility index (Phi) is 4.98. The Balaban J connectivity index is 2.91. The van der Waals surface area contributed by atoms with Crippen LogP contribution < -0.4 is 0 Å². The molecule has 1 rings (SSSR count). The minimum atomic E-state index is -4.61. The zero-order chi connectivity index (χ0) is 14.7. The smallest absolute Gasteiger partial charge is 0.332 e. The molecule has 0 heterocycles. The number of halogens is 3. The minimum absolute atomic E-state index is 0.243. The highest BCUT2D eigenvalue weighted by Crippen LogP contribution is 2.40. The molecule has 0 aliphatic heterocycles. The number of aldehydes is 1. The highest BCUT2D eigenvalue weighted by atomic mass is 19.4. The van der Waals surface area contributed by atoms with Gasteiger partial charge in [-0.05, 0) is 26.7 Å². The number of nitrogens with zero attached hydrogens (tertiary/aromatic N) is 1. The molecule has 0 atom stereocenters. The van der Waals surface area contributed by atoms with Crippen LogP contribution in [0.1, 0.15) is 46.0 Å². The van der Waals surface area contributed by atoms with Gasteiger partial charge in [-0.3, -0.25) is 4.79 Å². The van der Waals surface area contributed by atoms with Crippen LogP contribution in [0.25, 0.3) is 0 Å². The highest BCUT2D eigenvalue weighted by Gasteiger charge is 2.54. The second-order valence-corrected chi connectivity index (χ2v) is 5.54. The van der Waals surface area contributed by atoms with Crippen molar-refractivity contribution in [2.75, 3.05) is 6.54 Å². The minimum Gasteiger partial charge on any atom is -0.332 e. The van der Waals surface area contributed by atoms with Gasteiger partial charge in [-0.1, -0.05) is 19.3 Å². The van der Waals surface area contributed by atoms with Crippen molar-refractivity contribution in [1.29, 1.82) is 0 Å². The highest BCUT2D eigenvalue weighted by molar-refractivity contribution is 5.84. The number of alkyl halides is 3. The van der Waals surface area contributed by atoms with Crippen LogP contribution in [0.15, 0.2) is 0 Å². The van der Waals surface area contributed by atoms with E-state index in [0.29, 0.717) is 19.1 Å². The van der Waals surface area contributed by atoms with Crippen molar-refractivity contribution < 1.29 is 22.8 Å². The summed E-state index contributed by atoms with van der Waals surface area (Å²) in [4.78, 5) is 23.9. The topological polar surface area (TPSA) is 37.4 Å². The van der Waals surface area contributed by atoms with Gasteiger partial charge in [-0.25, -0.2) is 0 Å². The van der Waals surface area contributed by atoms with Crippen LogP contribution in [0.4, 0.5) is 13.2 Å². The number of carbonyl (C=O) groups is 2. The molecule has 0 aromatic carbocycles. The summed E-state index contributed by atoms with van der Waals surface area (Å²) in [7, 11) is 0. The van der Waals surface area contributed by atoms with Crippen LogP contribution in [0.2, 0.25) is 0 Å². The van der Waals surface area contributed by atoms with Gasteiger partial charge in [-0.15, -0.1) is 0 Å². The van der Waals surface area contributed by atoms with Crippen LogP contribution >= 0.6 is 0 Å². The van der Waals surface area contributed by atoms with Crippen molar-refractivity contribution in [1.82, 2.24) is 4.90 Å². The fraction of sp³-hybridized carbons (Fsp3) is 0.846. The molecule has 0 radical (unpaired) electrons. The molecule has 0 spiro atoms. The first-order valence-corrected chi connectivity index (χ1v) is 6.53. The fourth-order valence-corrected chi connectivity index (χ4v) is 2.35. The standard InChI is InChI=1S/C13H20F3NO2/c1-12(2,13(14,15)16)11(19)17(8-9-18)10-6-4-3-5-7-10/h9-10H,3-8H2,1-2H3. The van der Waals surface area contributed by atoms with E-state index in [1.54, 1.807) is 0 Å². The van der Waals surface area contributed by atoms with Crippen molar-refractivity contribution in [2.45, 2.75) is 58.2 Å². The Labute approximate surface area is 111 Å². The van der Waals surface area contributed by atoms with E-state index in [0.717, 1.165) is 38.0 Å². The number of amides is 1. The molecule has 0 saturated heterocycles. The van der Waals surface area contributed by atoms with Crippen LogP contribution in [-0.4, -0.2) is 35.9 Å². The number of hydrogen-bond donors (Lipinski definition) is 0. The maximum atomic E-state index is 12.9. The maximum Gasteiger partial charge on any atom is 0.402 e. The Morgan fingerprint density at radius 1 is 1.21 bits per heavy atom. The second kappa shape index (κ2) is 5.92. The van der Waals surface area contributed by atoms with Crippen molar-refractivity contribution in [3.8, 4) is 0 Å². The lowest BCUT2D eigenvalue weighted by Crippen LogP contribution is -2.53. The third-order valence-corrected chi connectivity index (χ3v) is 3.79. The number of hydrogen-bond acceptors (Lipinski definition) is 2. The molecule has 0 N–H and O–H groups in total. The van der Waals surface area contributed by atoms with E-state index in [2.05, 4.69) is 0 Å². The lowest BCUT2D eigenvalue weighted by molar-refractivity contribution is -0.218. The van der Waals surface area contributed by atoms with Gasteiger partial charge in [0.25, 0.3) is 0 Å². The van der Waals surface area contributed by atoms with Crippen LogP contribution in [-0.2, 0) is 9.59 Å². The van der Waals surface area contributed by atoms with E-state index in [4.69, 9.17) is 0 Å². The first-order valence-electron chi connectivity index (χ1n) is 6.53. The van der Waals surface area contributed by atoms with E-state index in [1.807, 2.05) is 0 Å². The van der Waals surface area contributed by atoms with Gasteiger partial charge in [-0.2, -0.15) is 13.2 Å². The molecule has 1 aliphatic rings. The lowest BCUT2D eigenvalue weighted by Gasteiger charge is -2.38. The van der Waals surface area contributed by atoms with Crippen molar-refractivity contribution in [3.63, 3.8) is 0 Å². The summed E-state index contributed by atoms with van der Waals surface area (Å²) in [6.07, 6.45) is 0.0433. The average Bonchev–Trinajstić information content (AvgIpc) is 2.34. The Morgan fingerprint density at radius 2 is 1.74 bits per heavy atom. The Bertz CT molecular complexity index is 333. The van der Waals surface area contributed by atoms with Crippen molar-refractivity contribution in [3.05, 3.63) is 0 Å². The van der Waals surface area contributed by atoms with E-state index >= 15 is 0 Å². The summed E-state index contributed by atoms with van der Waals surface area (Å²) < 4.78 is 38.7. The summed E-state index contributed by atoms with van der Waals surface area (Å²) in [6.45, 7) is 1.48. The zero-order valence-corrected chi connectivity index (χ0v) is 11.3. The van der Waals surface area contributed by atoms with Gasteiger partial charge in [0, 0.05) is 6.04 Å². The molecule has 3 nitrogen and oxygen atoms in total. The summed E-state index contributed by atoms with van der Waals surface area (Å²) in [5, 5.41) is 0. The molecule has 110 valence electrons. The zero-order valence-electron chi connectivity index (χ0n) is 11.3. The molecule has 1 amide bonds. The summed E-state index contributed by atoms with van der Waals surface area (Å²) in [6, 6.07) is -0.243. The molecule has 19 heavy (non-hydrogen) atoms. The van der Waals surface area contributed by atoms with E-state index in [-0.39, 0.29) is 12.6 Å². The monoisotopic (exact) mass is 279 g/mol. The largest absolute Gasteiger partial charge is 0.402 e. The van der Waals surface area contributed by atoms with Crippen LogP contribution in [0.5, 0.6) is 0 Å². The summed E-state index contributed by atoms with van der Waals surface area (Å²) >= 11 is 0. The first-order chi connectivity index (χ1) is 8.71. The Morgan fingerprint density at radius 3 is 2.16 bits per heavy atom. The molecule has 0 aromatic rings. The summed E-state index contributed by atoms with van der Waals surface area (Å²) in [5.41, 5.74) is -2.45. The normalized spacial score (nSPS) is 18.2.